The van der Waals surface area contributed by atoms with Crippen LogP contribution in [0.25, 0.3) is 22.2 Å². The van der Waals surface area contributed by atoms with Crippen LogP contribution in [0.2, 0.25) is 17.3 Å². The number of rotatable bonds is 2. The van der Waals surface area contributed by atoms with Gasteiger partial charge < -0.3 is 0 Å². The van der Waals surface area contributed by atoms with E-state index in [1.54, 1.807) is 0 Å². The number of hydrogen-bond acceptors (Lipinski definition) is 1. The van der Waals surface area contributed by atoms with Crippen molar-refractivity contribution < 1.29 is 4.73 Å². The molecule has 0 bridgehead atoms. The molecule has 0 saturated carbocycles. The van der Waals surface area contributed by atoms with Crippen LogP contribution in [0.5, 0.6) is 0 Å². The van der Waals surface area contributed by atoms with Crippen molar-refractivity contribution in [2.45, 2.75) is 31.1 Å². The Bertz CT molecular complexity index is 874. The first-order chi connectivity index (χ1) is 10.8. The van der Waals surface area contributed by atoms with E-state index in [1.807, 2.05) is 18.2 Å². The van der Waals surface area contributed by atoms with Gasteiger partial charge in [-0.15, -0.1) is 0 Å². The molecule has 2 aromatic carbocycles. The molecule has 0 saturated heterocycles. The normalized spacial score (nSPS) is 11.9. The van der Waals surface area contributed by atoms with Gasteiger partial charge in [0.15, 0.2) is 0 Å². The van der Waals surface area contributed by atoms with E-state index < -0.39 is 13.3 Å². The van der Waals surface area contributed by atoms with E-state index in [4.69, 9.17) is 0 Å². The van der Waals surface area contributed by atoms with Gasteiger partial charge in [-0.25, -0.2) is 0 Å². The van der Waals surface area contributed by atoms with Crippen LogP contribution in [0.3, 0.4) is 0 Å². The zero-order valence-corrected chi connectivity index (χ0v) is 16.6. The second-order valence-electron chi connectivity index (χ2n) is 7.38. The molecule has 0 aliphatic carbocycles. The van der Waals surface area contributed by atoms with Crippen molar-refractivity contribution in [3.05, 3.63) is 64.9 Å². The van der Waals surface area contributed by atoms with Gasteiger partial charge in [0, 0.05) is 0 Å². The summed E-state index contributed by atoms with van der Waals surface area (Å²) in [6, 6.07) is 16.5. The molecule has 118 valence electrons. The van der Waals surface area contributed by atoms with Crippen LogP contribution in [0.4, 0.5) is 0 Å². The summed E-state index contributed by atoms with van der Waals surface area (Å²) in [6.45, 7) is 4.13. The number of fused-ring (bicyclic) bond motifs is 1. The summed E-state index contributed by atoms with van der Waals surface area (Å²) in [6.07, 6.45) is 0. The van der Waals surface area contributed by atoms with E-state index >= 15 is 0 Å². The van der Waals surface area contributed by atoms with Crippen LogP contribution in [0.1, 0.15) is 11.1 Å². The van der Waals surface area contributed by atoms with Crippen LogP contribution in [0, 0.1) is 19.1 Å². The summed E-state index contributed by atoms with van der Waals surface area (Å²) < 4.78 is 2.49. The molecule has 0 radical (unpaired) electrons. The van der Waals surface area contributed by atoms with Gasteiger partial charge in [-0.05, 0) is 0 Å². The summed E-state index contributed by atoms with van der Waals surface area (Å²) in [5.74, 6) is 7.09. The molecule has 3 rings (SSSR count). The summed E-state index contributed by atoms with van der Waals surface area (Å²) >= 11 is -2.01. The number of pyridine rings is 1. The van der Waals surface area contributed by atoms with Gasteiger partial charge in [0.1, 0.15) is 0 Å². The third-order valence-electron chi connectivity index (χ3n) is 4.25. The van der Waals surface area contributed by atoms with Gasteiger partial charge >= 0.3 is 141 Å². The first-order valence-electron chi connectivity index (χ1n) is 8.02. The molecule has 0 spiro atoms. The molecule has 0 aliphatic rings. The molecule has 0 atom stereocenters. The van der Waals surface area contributed by atoms with E-state index in [1.165, 1.54) is 15.5 Å². The van der Waals surface area contributed by atoms with E-state index in [9.17, 15) is 5.21 Å². The Morgan fingerprint density at radius 2 is 1.52 bits per heavy atom. The third-order valence-corrected chi connectivity index (χ3v) is 8.56. The van der Waals surface area contributed by atoms with Crippen molar-refractivity contribution in [3.8, 4) is 11.3 Å². The third kappa shape index (κ3) is 3.00. The molecule has 1 heterocycles. The molecule has 2 nitrogen and oxygen atoms in total. The van der Waals surface area contributed by atoms with Gasteiger partial charge in [0.25, 0.3) is 0 Å². The molecule has 0 N–H and O–H groups in total. The van der Waals surface area contributed by atoms with Crippen LogP contribution < -0.4 is 9.13 Å². The van der Waals surface area contributed by atoms with E-state index in [0.29, 0.717) is 0 Å². The standard InChI is InChI=1S/C20H23GeNO/c1-14-11-15(2)13-16(12-14)19-10-9-17-18(21(3,4)5)7-6-8-20(17)22(19)23/h6-13H,1-5H3. The molecule has 3 heteroatoms. The molecule has 1 aromatic heterocycles. The molecule has 0 amide bonds. The van der Waals surface area contributed by atoms with Crippen molar-refractivity contribution >= 4 is 28.6 Å². The Labute approximate surface area is 140 Å². The molecule has 0 aliphatic heterocycles. The van der Waals surface area contributed by atoms with Crippen molar-refractivity contribution in [2.75, 3.05) is 0 Å². The first-order valence-corrected chi connectivity index (χ1v) is 15.4. The fourth-order valence-corrected chi connectivity index (χ4v) is 6.64. The van der Waals surface area contributed by atoms with Crippen molar-refractivity contribution in [2.24, 2.45) is 0 Å². The number of nitrogens with zero attached hydrogens (tertiary/aromatic N) is 1. The van der Waals surface area contributed by atoms with Crippen LogP contribution >= 0.6 is 0 Å². The Hall–Kier alpha value is -1.81. The average Bonchev–Trinajstić information content (AvgIpc) is 2.45. The molecular weight excluding hydrogens is 343 g/mol. The van der Waals surface area contributed by atoms with Gasteiger partial charge in [-0.3, -0.25) is 0 Å². The second kappa shape index (κ2) is 5.68. The van der Waals surface area contributed by atoms with E-state index in [0.717, 1.165) is 26.9 Å². The van der Waals surface area contributed by atoms with Gasteiger partial charge in [-0.2, -0.15) is 0 Å². The Balaban J connectivity index is 2.28. The zero-order chi connectivity index (χ0) is 16.8. The molecular formula is C20H23GeNO. The molecule has 0 unspecified atom stereocenters. The topological polar surface area (TPSA) is 26.9 Å². The minimum atomic E-state index is -2.01. The monoisotopic (exact) mass is 367 g/mol. The van der Waals surface area contributed by atoms with Crippen LogP contribution in [0.15, 0.2) is 48.5 Å². The van der Waals surface area contributed by atoms with Crippen molar-refractivity contribution in [1.82, 2.24) is 0 Å². The predicted molar refractivity (Wildman–Crippen MR) is 101 cm³/mol. The molecule has 23 heavy (non-hydrogen) atoms. The number of hydrogen-bond donors (Lipinski definition) is 0. The average molecular weight is 366 g/mol. The molecule has 3 aromatic rings. The zero-order valence-electron chi connectivity index (χ0n) is 14.5. The first kappa shape index (κ1) is 16.1. The van der Waals surface area contributed by atoms with E-state index in [2.05, 4.69) is 61.4 Å². The van der Waals surface area contributed by atoms with Crippen LogP contribution in [-0.2, 0) is 0 Å². The summed E-state index contributed by atoms with van der Waals surface area (Å²) in [7, 11) is 0. The van der Waals surface area contributed by atoms with Gasteiger partial charge in [0.05, 0.1) is 0 Å². The number of aryl methyl sites for hydroxylation is 2. The SMILES string of the molecule is Cc1cc(C)cc(-c2ccc3[c]([Ge]([CH3])([CH3])[CH3])cccc3[n+]2[O-])c1. The van der Waals surface area contributed by atoms with Gasteiger partial charge in [0.2, 0.25) is 0 Å². The fraction of sp³-hybridized carbons (Fsp3) is 0.250. The molecule has 0 fully saturated rings. The second-order valence-corrected chi connectivity index (χ2v) is 17.9. The Kier molecular flexibility index (Phi) is 3.97. The number of benzene rings is 2. The quantitative estimate of drug-likeness (QED) is 0.378. The summed E-state index contributed by atoms with van der Waals surface area (Å²) in [5.41, 5.74) is 4.85. The Morgan fingerprint density at radius 3 is 2.13 bits per heavy atom. The minimum absolute atomic E-state index is 0.725. The van der Waals surface area contributed by atoms with Crippen LogP contribution in [-0.4, -0.2) is 13.3 Å². The maximum absolute atomic E-state index is 13.0. The van der Waals surface area contributed by atoms with Crippen molar-refractivity contribution in [3.63, 3.8) is 0 Å². The Morgan fingerprint density at radius 1 is 0.870 bits per heavy atom. The summed E-state index contributed by atoms with van der Waals surface area (Å²) in [5, 5.41) is 14.1. The van der Waals surface area contributed by atoms with Gasteiger partial charge in [-0.1, -0.05) is 0 Å². The van der Waals surface area contributed by atoms with E-state index in [-0.39, 0.29) is 0 Å². The fourth-order valence-electron chi connectivity index (χ4n) is 3.26. The summed E-state index contributed by atoms with van der Waals surface area (Å²) in [4.78, 5) is 0. The number of aromatic nitrogens is 1. The predicted octanol–water partition coefficient (Wildman–Crippen LogP) is 4.30. The maximum atomic E-state index is 13.0. The van der Waals surface area contributed by atoms with Crippen molar-refractivity contribution in [1.29, 1.82) is 0 Å².